The van der Waals surface area contributed by atoms with Crippen molar-refractivity contribution < 1.29 is 14.6 Å². The van der Waals surface area contributed by atoms with Gasteiger partial charge < -0.3 is 15.2 Å². The van der Waals surface area contributed by atoms with Crippen molar-refractivity contribution >= 4 is 23.3 Å². The lowest BCUT2D eigenvalue weighted by atomic mass is 10.2. The number of nitrogens with one attached hydrogen (secondary N) is 1. The molecule has 0 aliphatic carbocycles. The lowest BCUT2D eigenvalue weighted by Crippen LogP contribution is -2.11. The number of anilines is 1. The van der Waals surface area contributed by atoms with Crippen molar-refractivity contribution in [3.63, 3.8) is 0 Å². The maximum atomic E-state index is 10.8. The molecule has 0 atom stereocenters. The second-order valence-corrected chi connectivity index (χ2v) is 4.50. The number of ether oxygens (including phenoxy) is 1. The van der Waals surface area contributed by atoms with Crippen LogP contribution in [-0.4, -0.2) is 24.2 Å². The summed E-state index contributed by atoms with van der Waals surface area (Å²) in [5.41, 5.74) is 0.856. The van der Waals surface area contributed by atoms with Gasteiger partial charge in [0.2, 0.25) is 0 Å². The van der Waals surface area contributed by atoms with Crippen molar-refractivity contribution in [3.8, 4) is 5.75 Å². The van der Waals surface area contributed by atoms with E-state index < -0.39 is 5.97 Å². The summed E-state index contributed by atoms with van der Waals surface area (Å²) in [4.78, 5) is 10.8. The van der Waals surface area contributed by atoms with E-state index in [4.69, 9.17) is 21.4 Å². The molecule has 2 aromatic rings. The van der Waals surface area contributed by atoms with Crippen LogP contribution in [0, 0.1) is 0 Å². The minimum atomic E-state index is -1.03. The van der Waals surface area contributed by atoms with Crippen LogP contribution in [0.5, 0.6) is 5.75 Å². The number of carboxylic acids is 1. The van der Waals surface area contributed by atoms with Gasteiger partial charge in [0.05, 0.1) is 10.6 Å². The Labute approximate surface area is 122 Å². The Morgan fingerprint density at radius 1 is 1.20 bits per heavy atom. The smallest absolute Gasteiger partial charge is 0.337 e. The molecular weight excluding hydrogens is 278 g/mol. The van der Waals surface area contributed by atoms with Crippen molar-refractivity contribution in [2.24, 2.45) is 0 Å². The summed E-state index contributed by atoms with van der Waals surface area (Å²) < 4.78 is 5.53. The SMILES string of the molecule is O=C(O)c1ccc(NCCOc2ccccc2)cc1Cl. The standard InChI is InChI=1S/C15H14ClNO3/c16-14-10-11(6-7-13(14)15(18)19)17-8-9-20-12-4-2-1-3-5-12/h1-7,10,17H,8-9H2,(H,18,19). The maximum absolute atomic E-state index is 10.8. The Balaban J connectivity index is 1.83. The molecule has 0 saturated carbocycles. The Morgan fingerprint density at radius 3 is 2.60 bits per heavy atom. The molecule has 0 amide bonds. The van der Waals surface area contributed by atoms with Gasteiger partial charge in [0.15, 0.2) is 0 Å². The molecule has 0 unspecified atom stereocenters. The molecule has 104 valence electrons. The van der Waals surface area contributed by atoms with E-state index in [1.165, 1.54) is 6.07 Å². The topological polar surface area (TPSA) is 58.6 Å². The van der Waals surface area contributed by atoms with Gasteiger partial charge in [0.25, 0.3) is 0 Å². The van der Waals surface area contributed by atoms with Crippen molar-refractivity contribution in [1.29, 1.82) is 0 Å². The first-order chi connectivity index (χ1) is 9.66. The van der Waals surface area contributed by atoms with Gasteiger partial charge in [-0.1, -0.05) is 29.8 Å². The molecule has 0 fully saturated rings. The Bertz CT molecular complexity index is 587. The molecule has 0 heterocycles. The van der Waals surface area contributed by atoms with E-state index in [9.17, 15) is 4.79 Å². The van der Waals surface area contributed by atoms with Gasteiger partial charge in [-0.2, -0.15) is 0 Å². The Hall–Kier alpha value is -2.20. The van der Waals surface area contributed by atoms with Crippen LogP contribution in [0.2, 0.25) is 5.02 Å². The third-order valence-electron chi connectivity index (χ3n) is 2.64. The second-order valence-electron chi connectivity index (χ2n) is 4.09. The third kappa shape index (κ3) is 3.90. The molecule has 2 rings (SSSR count). The number of carboxylic acid groups (broad SMARTS) is 1. The minimum Gasteiger partial charge on any atom is -0.492 e. The molecule has 0 aromatic heterocycles. The molecular formula is C15H14ClNO3. The molecule has 0 bridgehead atoms. The van der Waals surface area contributed by atoms with Crippen LogP contribution in [0.25, 0.3) is 0 Å². The minimum absolute atomic E-state index is 0.0951. The van der Waals surface area contributed by atoms with Crippen LogP contribution in [0.4, 0.5) is 5.69 Å². The zero-order valence-corrected chi connectivity index (χ0v) is 11.4. The number of rotatable bonds is 6. The molecule has 0 saturated heterocycles. The molecule has 0 spiro atoms. The molecule has 2 N–H and O–H groups in total. The number of halogens is 1. The van der Waals surface area contributed by atoms with E-state index in [-0.39, 0.29) is 10.6 Å². The van der Waals surface area contributed by atoms with E-state index in [1.807, 2.05) is 30.3 Å². The first kappa shape index (κ1) is 14.2. The summed E-state index contributed by atoms with van der Waals surface area (Å²) in [5.74, 6) is -0.220. The van der Waals surface area contributed by atoms with Crippen LogP contribution in [0.1, 0.15) is 10.4 Å². The van der Waals surface area contributed by atoms with Crippen molar-refractivity contribution in [3.05, 3.63) is 59.1 Å². The summed E-state index contributed by atoms with van der Waals surface area (Å²) in [6, 6.07) is 14.3. The molecule has 4 nitrogen and oxygen atoms in total. The van der Waals surface area contributed by atoms with Crippen molar-refractivity contribution in [1.82, 2.24) is 0 Å². The number of para-hydroxylation sites is 1. The lowest BCUT2D eigenvalue weighted by molar-refractivity contribution is 0.0697. The molecule has 5 heteroatoms. The highest BCUT2D eigenvalue weighted by molar-refractivity contribution is 6.33. The zero-order chi connectivity index (χ0) is 14.4. The zero-order valence-electron chi connectivity index (χ0n) is 10.7. The second kappa shape index (κ2) is 6.82. The first-order valence-corrected chi connectivity index (χ1v) is 6.49. The third-order valence-corrected chi connectivity index (χ3v) is 2.96. The summed E-state index contributed by atoms with van der Waals surface area (Å²) in [5, 5.41) is 12.2. The largest absolute Gasteiger partial charge is 0.492 e. The van der Waals surface area contributed by atoms with Gasteiger partial charge in [-0.25, -0.2) is 4.79 Å². The van der Waals surface area contributed by atoms with Gasteiger partial charge in [-0.05, 0) is 30.3 Å². The van der Waals surface area contributed by atoms with Crippen LogP contribution < -0.4 is 10.1 Å². The van der Waals surface area contributed by atoms with Crippen molar-refractivity contribution in [2.45, 2.75) is 0 Å². The fourth-order valence-electron chi connectivity index (χ4n) is 1.68. The summed E-state index contributed by atoms with van der Waals surface area (Å²) in [6.45, 7) is 1.10. The molecule has 0 radical (unpaired) electrons. The number of benzene rings is 2. The highest BCUT2D eigenvalue weighted by Gasteiger charge is 2.08. The van der Waals surface area contributed by atoms with Crippen LogP contribution >= 0.6 is 11.6 Å². The molecule has 0 aliphatic heterocycles. The van der Waals surface area contributed by atoms with E-state index in [2.05, 4.69) is 5.32 Å². The van der Waals surface area contributed by atoms with Crippen LogP contribution in [-0.2, 0) is 0 Å². The van der Waals surface area contributed by atoms with Crippen molar-refractivity contribution in [2.75, 3.05) is 18.5 Å². The average molecular weight is 292 g/mol. The van der Waals surface area contributed by atoms with Crippen LogP contribution in [0.15, 0.2) is 48.5 Å². The lowest BCUT2D eigenvalue weighted by Gasteiger charge is -2.09. The Kier molecular flexibility index (Phi) is 4.85. The summed E-state index contributed by atoms with van der Waals surface area (Å²) in [7, 11) is 0. The van der Waals surface area contributed by atoms with Gasteiger partial charge in [0.1, 0.15) is 12.4 Å². The van der Waals surface area contributed by atoms with E-state index in [0.717, 1.165) is 11.4 Å². The normalized spacial score (nSPS) is 10.1. The number of hydrogen-bond acceptors (Lipinski definition) is 3. The summed E-state index contributed by atoms with van der Waals surface area (Å²) >= 11 is 5.88. The van der Waals surface area contributed by atoms with Gasteiger partial charge in [-0.3, -0.25) is 0 Å². The number of aromatic carboxylic acids is 1. The van der Waals surface area contributed by atoms with Gasteiger partial charge in [-0.15, -0.1) is 0 Å². The fraction of sp³-hybridized carbons (Fsp3) is 0.133. The fourth-order valence-corrected chi connectivity index (χ4v) is 1.94. The first-order valence-electron chi connectivity index (χ1n) is 6.11. The average Bonchev–Trinajstić information content (AvgIpc) is 2.44. The van der Waals surface area contributed by atoms with Gasteiger partial charge >= 0.3 is 5.97 Å². The Morgan fingerprint density at radius 2 is 1.95 bits per heavy atom. The maximum Gasteiger partial charge on any atom is 0.337 e. The van der Waals surface area contributed by atoms with E-state index in [0.29, 0.717) is 13.2 Å². The molecule has 20 heavy (non-hydrogen) atoms. The van der Waals surface area contributed by atoms with Crippen LogP contribution in [0.3, 0.4) is 0 Å². The predicted octanol–water partition coefficient (Wildman–Crippen LogP) is 3.53. The molecule has 0 aliphatic rings. The number of carbonyl (C=O) groups is 1. The monoisotopic (exact) mass is 291 g/mol. The quantitative estimate of drug-likeness (QED) is 0.799. The van der Waals surface area contributed by atoms with E-state index >= 15 is 0 Å². The highest BCUT2D eigenvalue weighted by atomic mass is 35.5. The predicted molar refractivity (Wildman–Crippen MR) is 78.8 cm³/mol. The van der Waals surface area contributed by atoms with E-state index in [1.54, 1.807) is 12.1 Å². The number of hydrogen-bond donors (Lipinski definition) is 2. The highest BCUT2D eigenvalue weighted by Crippen LogP contribution is 2.20. The summed E-state index contributed by atoms with van der Waals surface area (Å²) in [6.07, 6.45) is 0. The van der Waals surface area contributed by atoms with Gasteiger partial charge in [0, 0.05) is 12.2 Å². The molecule has 2 aromatic carbocycles.